The summed E-state index contributed by atoms with van der Waals surface area (Å²) in [4.78, 5) is 12.7. The Kier molecular flexibility index (Phi) is 4.89. The summed E-state index contributed by atoms with van der Waals surface area (Å²) in [5.74, 6) is 1.25. The lowest BCUT2D eigenvalue weighted by molar-refractivity contribution is 0.0939. The van der Waals surface area contributed by atoms with Crippen LogP contribution in [0.3, 0.4) is 0 Å². The van der Waals surface area contributed by atoms with Crippen molar-refractivity contribution in [2.24, 2.45) is 0 Å². The number of amides is 1. The molecule has 0 radical (unpaired) electrons. The molecule has 2 aliphatic heterocycles. The van der Waals surface area contributed by atoms with Crippen molar-refractivity contribution in [1.29, 1.82) is 0 Å². The highest BCUT2D eigenvalue weighted by Crippen LogP contribution is 2.32. The second-order valence-corrected chi connectivity index (χ2v) is 8.90. The van der Waals surface area contributed by atoms with Crippen LogP contribution in [0.25, 0.3) is 0 Å². The van der Waals surface area contributed by atoms with Crippen LogP contribution in [0.1, 0.15) is 35.3 Å². The number of carbonyl (C=O) groups excluding carboxylic acids is 1. The zero-order valence-electron chi connectivity index (χ0n) is 15.6. The van der Waals surface area contributed by atoms with Crippen molar-refractivity contribution in [3.05, 3.63) is 53.6 Å². The van der Waals surface area contributed by atoms with Gasteiger partial charge in [-0.05, 0) is 49.2 Å². The molecule has 0 aromatic heterocycles. The van der Waals surface area contributed by atoms with Gasteiger partial charge in [-0.1, -0.05) is 12.1 Å². The van der Waals surface area contributed by atoms with Crippen LogP contribution >= 0.6 is 0 Å². The van der Waals surface area contributed by atoms with Gasteiger partial charge in [-0.15, -0.1) is 0 Å². The van der Waals surface area contributed by atoms with Crippen LogP contribution in [0.5, 0.6) is 11.5 Å². The second-order valence-electron chi connectivity index (χ2n) is 6.89. The average molecular weight is 402 g/mol. The molecule has 0 unspecified atom stereocenters. The topological polar surface area (TPSA) is 84.9 Å². The fourth-order valence-corrected chi connectivity index (χ4v) is 4.98. The molecule has 0 aliphatic carbocycles. The summed E-state index contributed by atoms with van der Waals surface area (Å²) < 4.78 is 36.7. The molecule has 2 aliphatic rings. The number of fused-ring (bicyclic) bond motifs is 1. The molecule has 0 spiro atoms. The summed E-state index contributed by atoms with van der Waals surface area (Å²) in [5.41, 5.74) is 1.84. The highest BCUT2D eigenvalue weighted by molar-refractivity contribution is 7.93. The molecule has 2 heterocycles. The van der Waals surface area contributed by atoms with Crippen molar-refractivity contribution in [2.45, 2.75) is 19.4 Å². The largest absolute Gasteiger partial charge is 0.486 e. The van der Waals surface area contributed by atoms with Gasteiger partial charge in [-0.2, -0.15) is 0 Å². The molecule has 8 heteroatoms. The minimum absolute atomic E-state index is 0.143. The van der Waals surface area contributed by atoms with Crippen LogP contribution in [0.15, 0.2) is 42.5 Å². The van der Waals surface area contributed by atoms with E-state index in [4.69, 9.17) is 9.47 Å². The van der Waals surface area contributed by atoms with E-state index in [-0.39, 0.29) is 17.7 Å². The first-order chi connectivity index (χ1) is 13.4. The standard InChI is InChI=1S/C20H22N2O5S/c1-14(15-6-7-18-19(13-15)27-10-9-26-18)21-20(23)16-4-2-5-17(12-16)22-8-3-11-28(22,24)25/h2,4-7,12-14H,3,8-11H2,1H3,(H,21,23)/t14-/m0/s1. The van der Waals surface area contributed by atoms with E-state index in [0.29, 0.717) is 48.9 Å². The van der Waals surface area contributed by atoms with Crippen molar-refractivity contribution < 1.29 is 22.7 Å². The minimum atomic E-state index is -3.28. The normalized spacial score (nSPS) is 18.5. The predicted molar refractivity (Wildman–Crippen MR) is 106 cm³/mol. The van der Waals surface area contributed by atoms with Gasteiger partial charge in [0, 0.05) is 12.1 Å². The van der Waals surface area contributed by atoms with Gasteiger partial charge < -0.3 is 14.8 Å². The van der Waals surface area contributed by atoms with Crippen LogP contribution in [0.4, 0.5) is 5.69 Å². The number of carbonyl (C=O) groups is 1. The van der Waals surface area contributed by atoms with E-state index in [1.165, 1.54) is 4.31 Å². The Labute approximate surface area is 164 Å². The summed E-state index contributed by atoms with van der Waals surface area (Å²) in [6.07, 6.45) is 0.597. The third kappa shape index (κ3) is 3.64. The van der Waals surface area contributed by atoms with Crippen molar-refractivity contribution in [1.82, 2.24) is 5.32 Å². The Morgan fingerprint density at radius 3 is 2.64 bits per heavy atom. The number of sulfonamides is 1. The van der Waals surface area contributed by atoms with E-state index in [1.54, 1.807) is 24.3 Å². The maximum Gasteiger partial charge on any atom is 0.251 e. The molecule has 4 rings (SSSR count). The predicted octanol–water partition coefficient (Wildman–Crippen LogP) is 2.49. The fourth-order valence-electron chi connectivity index (χ4n) is 3.42. The van der Waals surface area contributed by atoms with Gasteiger partial charge in [0.15, 0.2) is 11.5 Å². The summed E-state index contributed by atoms with van der Waals surface area (Å²) in [7, 11) is -3.28. The van der Waals surface area contributed by atoms with E-state index >= 15 is 0 Å². The number of nitrogens with one attached hydrogen (secondary N) is 1. The molecule has 7 nitrogen and oxygen atoms in total. The molecule has 1 atom stereocenters. The molecule has 148 valence electrons. The summed E-state index contributed by atoms with van der Waals surface area (Å²) >= 11 is 0. The molecular formula is C20H22N2O5S. The third-order valence-electron chi connectivity index (χ3n) is 4.91. The van der Waals surface area contributed by atoms with E-state index in [9.17, 15) is 13.2 Å². The molecule has 28 heavy (non-hydrogen) atoms. The highest BCUT2D eigenvalue weighted by Gasteiger charge is 2.28. The Morgan fingerprint density at radius 1 is 1.11 bits per heavy atom. The summed E-state index contributed by atoms with van der Waals surface area (Å²) in [5, 5.41) is 2.95. The lowest BCUT2D eigenvalue weighted by Crippen LogP contribution is -2.28. The third-order valence-corrected chi connectivity index (χ3v) is 6.78. The molecule has 1 N–H and O–H groups in total. The smallest absolute Gasteiger partial charge is 0.251 e. The van der Waals surface area contributed by atoms with Gasteiger partial charge in [0.05, 0.1) is 17.5 Å². The molecule has 2 aromatic rings. The molecule has 2 aromatic carbocycles. The monoisotopic (exact) mass is 402 g/mol. The number of anilines is 1. The number of hydrogen-bond acceptors (Lipinski definition) is 5. The zero-order valence-corrected chi connectivity index (χ0v) is 16.4. The van der Waals surface area contributed by atoms with Gasteiger partial charge in [-0.25, -0.2) is 8.42 Å². The van der Waals surface area contributed by atoms with Gasteiger partial charge >= 0.3 is 0 Å². The van der Waals surface area contributed by atoms with E-state index in [2.05, 4.69) is 5.32 Å². The first-order valence-electron chi connectivity index (χ1n) is 9.25. The number of hydrogen-bond donors (Lipinski definition) is 1. The Morgan fingerprint density at radius 2 is 1.89 bits per heavy atom. The quantitative estimate of drug-likeness (QED) is 0.849. The maximum atomic E-state index is 12.7. The first kappa shape index (κ1) is 18.6. The fraction of sp³-hybridized carbons (Fsp3) is 0.350. The number of rotatable bonds is 4. The average Bonchev–Trinajstić information content (AvgIpc) is 3.06. The van der Waals surface area contributed by atoms with E-state index < -0.39 is 10.0 Å². The van der Waals surface area contributed by atoms with Crippen LogP contribution in [0, 0.1) is 0 Å². The van der Waals surface area contributed by atoms with Crippen LogP contribution in [-0.4, -0.2) is 39.8 Å². The molecule has 1 amide bonds. The van der Waals surface area contributed by atoms with Crippen LogP contribution < -0.4 is 19.1 Å². The lowest BCUT2D eigenvalue weighted by Gasteiger charge is -2.21. The Balaban J connectivity index is 1.50. The van der Waals surface area contributed by atoms with Gasteiger partial charge in [0.25, 0.3) is 5.91 Å². The van der Waals surface area contributed by atoms with Crippen molar-refractivity contribution in [3.8, 4) is 11.5 Å². The maximum absolute atomic E-state index is 12.7. The first-order valence-corrected chi connectivity index (χ1v) is 10.9. The van der Waals surface area contributed by atoms with Crippen LogP contribution in [-0.2, 0) is 10.0 Å². The molecule has 0 bridgehead atoms. The molecule has 1 saturated heterocycles. The second kappa shape index (κ2) is 7.35. The van der Waals surface area contributed by atoms with Crippen molar-refractivity contribution in [2.75, 3.05) is 29.8 Å². The van der Waals surface area contributed by atoms with Gasteiger partial charge in [0.1, 0.15) is 13.2 Å². The van der Waals surface area contributed by atoms with Gasteiger partial charge in [-0.3, -0.25) is 9.10 Å². The summed E-state index contributed by atoms with van der Waals surface area (Å²) in [6.45, 7) is 3.37. The molecular weight excluding hydrogens is 380 g/mol. The molecule has 0 saturated carbocycles. The van der Waals surface area contributed by atoms with Crippen molar-refractivity contribution >= 4 is 21.6 Å². The number of ether oxygens (including phenoxy) is 2. The van der Waals surface area contributed by atoms with E-state index in [0.717, 1.165) is 5.56 Å². The zero-order chi connectivity index (χ0) is 19.7. The number of nitrogens with zero attached hydrogens (tertiary/aromatic N) is 1. The lowest BCUT2D eigenvalue weighted by atomic mass is 10.1. The minimum Gasteiger partial charge on any atom is -0.486 e. The van der Waals surface area contributed by atoms with Crippen LogP contribution in [0.2, 0.25) is 0 Å². The summed E-state index contributed by atoms with van der Waals surface area (Å²) in [6, 6.07) is 12.1. The van der Waals surface area contributed by atoms with E-state index in [1.807, 2.05) is 25.1 Å². The number of benzene rings is 2. The Hall–Kier alpha value is -2.74. The van der Waals surface area contributed by atoms with Crippen molar-refractivity contribution in [3.63, 3.8) is 0 Å². The molecule has 1 fully saturated rings. The highest BCUT2D eigenvalue weighted by atomic mass is 32.2. The van der Waals surface area contributed by atoms with Gasteiger partial charge in [0.2, 0.25) is 10.0 Å². The Bertz CT molecular complexity index is 1010. The SMILES string of the molecule is C[C@H](NC(=O)c1cccc(N2CCCS2(=O)=O)c1)c1ccc2c(c1)OCCO2.